The fourth-order valence-electron chi connectivity index (χ4n) is 2.65. The van der Waals surface area contributed by atoms with Crippen LogP contribution in [-0.4, -0.2) is 44.0 Å². The highest BCUT2D eigenvalue weighted by atomic mass is 16.7. The zero-order valence-corrected chi connectivity index (χ0v) is 11.6. The number of rotatable bonds is 3. The third-order valence-corrected chi connectivity index (χ3v) is 3.94. The fraction of sp³-hybridized carbons (Fsp3) is 0.600. The second-order valence-electron chi connectivity index (χ2n) is 5.00. The van der Waals surface area contributed by atoms with Crippen molar-refractivity contribution in [3.05, 3.63) is 36.0 Å². The van der Waals surface area contributed by atoms with Crippen LogP contribution < -0.4 is 0 Å². The Morgan fingerprint density at radius 2 is 1.83 bits per heavy atom. The Labute approximate surface area is 110 Å². The number of allylic oxidation sites excluding steroid dienone is 4. The van der Waals surface area contributed by atoms with Gasteiger partial charge in [-0.3, -0.25) is 4.90 Å². The van der Waals surface area contributed by atoms with Gasteiger partial charge in [0, 0.05) is 46.2 Å². The van der Waals surface area contributed by atoms with Crippen LogP contribution in [0.5, 0.6) is 0 Å². The lowest BCUT2D eigenvalue weighted by atomic mass is 10.0. The summed E-state index contributed by atoms with van der Waals surface area (Å²) in [4.78, 5) is 2.48. The van der Waals surface area contributed by atoms with Crippen molar-refractivity contribution in [1.29, 1.82) is 0 Å². The molecular formula is C15H23NO2. The van der Waals surface area contributed by atoms with Crippen molar-refractivity contribution in [2.75, 3.05) is 27.3 Å². The predicted molar refractivity (Wildman–Crippen MR) is 73.4 cm³/mol. The Balaban J connectivity index is 2.00. The third kappa shape index (κ3) is 2.91. The first-order chi connectivity index (χ1) is 8.69. The molecule has 1 heterocycles. The molecule has 0 spiro atoms. The van der Waals surface area contributed by atoms with E-state index in [0.717, 1.165) is 25.9 Å². The van der Waals surface area contributed by atoms with E-state index in [2.05, 4.69) is 42.2 Å². The Hall–Kier alpha value is -0.900. The number of hydrogen-bond acceptors (Lipinski definition) is 3. The van der Waals surface area contributed by atoms with E-state index in [0.29, 0.717) is 6.04 Å². The Kier molecular flexibility index (Phi) is 4.38. The molecule has 0 bridgehead atoms. The van der Waals surface area contributed by atoms with E-state index in [1.165, 1.54) is 5.57 Å². The number of ether oxygens (including phenoxy) is 2. The first-order valence-corrected chi connectivity index (χ1v) is 6.57. The van der Waals surface area contributed by atoms with Crippen molar-refractivity contribution in [2.24, 2.45) is 0 Å². The molecular weight excluding hydrogens is 226 g/mol. The van der Waals surface area contributed by atoms with E-state index < -0.39 is 0 Å². The summed E-state index contributed by atoms with van der Waals surface area (Å²) in [5.74, 6) is -0.373. The zero-order valence-electron chi connectivity index (χ0n) is 11.6. The maximum Gasteiger partial charge on any atom is 0.169 e. The quantitative estimate of drug-likeness (QED) is 0.717. The maximum absolute atomic E-state index is 5.51. The number of likely N-dealkylation sites (tertiary alicyclic amines) is 1. The van der Waals surface area contributed by atoms with E-state index in [-0.39, 0.29) is 5.79 Å². The topological polar surface area (TPSA) is 21.7 Å². The van der Waals surface area contributed by atoms with Crippen LogP contribution in [0.3, 0.4) is 0 Å². The highest BCUT2D eigenvalue weighted by Gasteiger charge is 2.35. The number of piperidine rings is 1. The summed E-state index contributed by atoms with van der Waals surface area (Å²) in [6, 6.07) is 0.395. The van der Waals surface area contributed by atoms with Crippen LogP contribution in [-0.2, 0) is 9.47 Å². The lowest BCUT2D eigenvalue weighted by Crippen LogP contribution is -2.49. The first kappa shape index (κ1) is 13.5. The Morgan fingerprint density at radius 3 is 2.44 bits per heavy atom. The first-order valence-electron chi connectivity index (χ1n) is 6.57. The molecule has 1 aliphatic heterocycles. The van der Waals surface area contributed by atoms with Crippen molar-refractivity contribution in [3.63, 3.8) is 0 Å². The molecule has 1 saturated heterocycles. The molecule has 0 aromatic carbocycles. The molecule has 0 aromatic rings. The van der Waals surface area contributed by atoms with Crippen LogP contribution in [0.4, 0.5) is 0 Å². The summed E-state index contributed by atoms with van der Waals surface area (Å²) in [6.45, 7) is 4.15. The van der Waals surface area contributed by atoms with E-state index >= 15 is 0 Å². The average Bonchev–Trinajstić information content (AvgIpc) is 2.63. The molecule has 2 rings (SSSR count). The minimum Gasteiger partial charge on any atom is -0.353 e. The van der Waals surface area contributed by atoms with Crippen molar-refractivity contribution in [2.45, 2.75) is 31.6 Å². The summed E-state index contributed by atoms with van der Waals surface area (Å²) >= 11 is 0. The van der Waals surface area contributed by atoms with Crippen LogP contribution in [0.1, 0.15) is 19.8 Å². The second kappa shape index (κ2) is 5.83. The van der Waals surface area contributed by atoms with E-state index in [1.807, 2.05) is 0 Å². The summed E-state index contributed by atoms with van der Waals surface area (Å²) in [5, 5.41) is 0. The van der Waals surface area contributed by atoms with Gasteiger partial charge in [0.15, 0.2) is 5.79 Å². The molecule has 0 N–H and O–H groups in total. The Bertz CT molecular complexity index is 357. The van der Waals surface area contributed by atoms with Crippen LogP contribution in [0.15, 0.2) is 36.0 Å². The summed E-state index contributed by atoms with van der Waals surface area (Å²) in [6.07, 6.45) is 12.8. The molecule has 18 heavy (non-hydrogen) atoms. The SMILES string of the molecule is COC1(OC)CCN(C2C=CC=CC(C)=C2)CC1. The molecule has 3 heteroatoms. The van der Waals surface area contributed by atoms with Gasteiger partial charge < -0.3 is 9.47 Å². The normalized spacial score (nSPS) is 27.9. The van der Waals surface area contributed by atoms with Crippen LogP contribution >= 0.6 is 0 Å². The minimum absolute atomic E-state index is 0.373. The lowest BCUT2D eigenvalue weighted by Gasteiger charge is -2.41. The van der Waals surface area contributed by atoms with Crippen molar-refractivity contribution >= 4 is 0 Å². The highest BCUT2D eigenvalue weighted by molar-refractivity contribution is 5.28. The molecule has 3 nitrogen and oxygen atoms in total. The lowest BCUT2D eigenvalue weighted by molar-refractivity contribution is -0.229. The van der Waals surface area contributed by atoms with E-state index in [9.17, 15) is 0 Å². The number of methoxy groups -OCH3 is 2. The number of nitrogens with zero attached hydrogens (tertiary/aromatic N) is 1. The van der Waals surface area contributed by atoms with E-state index in [1.54, 1.807) is 14.2 Å². The smallest absolute Gasteiger partial charge is 0.169 e. The van der Waals surface area contributed by atoms with Crippen molar-refractivity contribution in [1.82, 2.24) is 4.90 Å². The zero-order chi connectivity index (χ0) is 13.0. The van der Waals surface area contributed by atoms with Gasteiger partial charge in [0.2, 0.25) is 0 Å². The molecule has 1 fully saturated rings. The molecule has 2 aliphatic rings. The van der Waals surface area contributed by atoms with Gasteiger partial charge in [-0.1, -0.05) is 36.0 Å². The van der Waals surface area contributed by atoms with Gasteiger partial charge >= 0.3 is 0 Å². The Morgan fingerprint density at radius 1 is 1.17 bits per heavy atom. The van der Waals surface area contributed by atoms with Crippen molar-refractivity contribution in [3.8, 4) is 0 Å². The monoisotopic (exact) mass is 249 g/mol. The van der Waals surface area contributed by atoms with Gasteiger partial charge in [-0.25, -0.2) is 0 Å². The molecule has 1 aliphatic carbocycles. The van der Waals surface area contributed by atoms with Crippen LogP contribution in [0.2, 0.25) is 0 Å². The number of hydrogen-bond donors (Lipinski definition) is 0. The molecule has 0 radical (unpaired) electrons. The summed E-state index contributed by atoms with van der Waals surface area (Å²) in [7, 11) is 3.47. The van der Waals surface area contributed by atoms with Gasteiger partial charge in [-0.05, 0) is 6.92 Å². The van der Waals surface area contributed by atoms with Crippen LogP contribution in [0, 0.1) is 0 Å². The van der Waals surface area contributed by atoms with Gasteiger partial charge in [0.25, 0.3) is 0 Å². The maximum atomic E-state index is 5.51. The molecule has 0 amide bonds. The molecule has 100 valence electrons. The molecule has 0 aromatic heterocycles. The molecule has 0 saturated carbocycles. The highest BCUT2D eigenvalue weighted by Crippen LogP contribution is 2.28. The fourth-order valence-corrected chi connectivity index (χ4v) is 2.65. The summed E-state index contributed by atoms with van der Waals surface area (Å²) in [5.41, 5.74) is 1.32. The van der Waals surface area contributed by atoms with Gasteiger partial charge in [-0.2, -0.15) is 0 Å². The predicted octanol–water partition coefficient (Wildman–Crippen LogP) is 2.51. The standard InChI is InChI=1S/C15H23NO2/c1-13-6-4-5-7-14(12-13)16-10-8-15(17-2,18-3)9-11-16/h4-7,12,14H,8-11H2,1-3H3. The third-order valence-electron chi connectivity index (χ3n) is 3.94. The molecule has 1 unspecified atom stereocenters. The van der Waals surface area contributed by atoms with Crippen LogP contribution in [0.25, 0.3) is 0 Å². The average molecular weight is 249 g/mol. The van der Waals surface area contributed by atoms with Gasteiger partial charge in [0.1, 0.15) is 0 Å². The largest absolute Gasteiger partial charge is 0.353 e. The van der Waals surface area contributed by atoms with Crippen molar-refractivity contribution < 1.29 is 9.47 Å². The van der Waals surface area contributed by atoms with E-state index in [4.69, 9.17) is 9.47 Å². The molecule has 1 atom stereocenters. The van der Waals surface area contributed by atoms with Gasteiger partial charge in [-0.15, -0.1) is 0 Å². The minimum atomic E-state index is -0.373. The summed E-state index contributed by atoms with van der Waals surface area (Å²) < 4.78 is 11.0. The van der Waals surface area contributed by atoms with Gasteiger partial charge in [0.05, 0.1) is 0 Å². The second-order valence-corrected chi connectivity index (χ2v) is 5.00.